The summed E-state index contributed by atoms with van der Waals surface area (Å²) in [6.07, 6.45) is 1.60. The van der Waals surface area contributed by atoms with E-state index < -0.39 is 34.9 Å². The van der Waals surface area contributed by atoms with Crippen molar-refractivity contribution in [1.82, 2.24) is 15.5 Å². The number of benzene rings is 1. The summed E-state index contributed by atoms with van der Waals surface area (Å²) < 4.78 is 0. The molecular weight excluding hydrogens is 442 g/mol. The third kappa shape index (κ3) is 7.66. The highest BCUT2D eigenvalue weighted by Crippen LogP contribution is 2.29. The molecule has 0 bridgehead atoms. The molecule has 0 heterocycles. The Morgan fingerprint density at radius 1 is 1.06 bits per heavy atom. The summed E-state index contributed by atoms with van der Waals surface area (Å²) in [7, 11) is 3.41. The van der Waals surface area contributed by atoms with Crippen LogP contribution in [0.1, 0.15) is 66.5 Å². The van der Waals surface area contributed by atoms with Gasteiger partial charge in [0.1, 0.15) is 6.04 Å². The summed E-state index contributed by atoms with van der Waals surface area (Å²) >= 11 is 0. The van der Waals surface area contributed by atoms with Crippen molar-refractivity contribution in [3.8, 4) is 0 Å². The van der Waals surface area contributed by atoms with E-state index in [1.165, 1.54) is 6.92 Å². The maximum atomic E-state index is 13.7. The van der Waals surface area contributed by atoms with E-state index in [1.54, 1.807) is 25.1 Å². The number of aryl methyl sites for hydroxylation is 1. The Kier molecular flexibility index (Phi) is 10.3. The second-order valence-electron chi connectivity index (χ2n) is 11.5. The van der Waals surface area contributed by atoms with Gasteiger partial charge in [0.15, 0.2) is 0 Å². The third-order valence-electron chi connectivity index (χ3n) is 6.67. The SMILES string of the molecule is CN[C@@H](C(=O)N[C@H](C(=O)N(C)[C@H](/C=C(\C)C(=O)O)C(C)C)C(C)(C)C)C(C)(C)c1cccc(C)c1. The van der Waals surface area contributed by atoms with Gasteiger partial charge in [-0.25, -0.2) is 4.79 Å². The average molecular weight is 488 g/mol. The van der Waals surface area contributed by atoms with Crippen molar-refractivity contribution >= 4 is 17.8 Å². The molecule has 0 spiro atoms. The molecular formula is C28H45N3O4. The number of rotatable bonds is 10. The number of aliphatic carboxylic acids is 1. The van der Waals surface area contributed by atoms with Crippen molar-refractivity contribution in [3.05, 3.63) is 47.0 Å². The lowest BCUT2D eigenvalue weighted by atomic mass is 9.76. The van der Waals surface area contributed by atoms with Crippen LogP contribution in [0.25, 0.3) is 0 Å². The van der Waals surface area contributed by atoms with Crippen molar-refractivity contribution < 1.29 is 19.5 Å². The molecule has 7 nitrogen and oxygen atoms in total. The highest BCUT2D eigenvalue weighted by molar-refractivity contribution is 5.91. The molecule has 196 valence electrons. The molecule has 1 aromatic rings. The van der Waals surface area contributed by atoms with E-state index in [0.717, 1.165) is 11.1 Å². The Morgan fingerprint density at radius 3 is 2.06 bits per heavy atom. The van der Waals surface area contributed by atoms with Gasteiger partial charge in [0, 0.05) is 18.0 Å². The molecule has 1 rings (SSSR count). The molecule has 1 aromatic carbocycles. The van der Waals surface area contributed by atoms with Crippen molar-refractivity contribution in [1.29, 1.82) is 0 Å². The Hall–Kier alpha value is -2.67. The minimum Gasteiger partial charge on any atom is -0.478 e. The van der Waals surface area contributed by atoms with Crippen LogP contribution in [0, 0.1) is 18.3 Å². The molecule has 0 aromatic heterocycles. The second kappa shape index (κ2) is 11.8. The normalized spacial score (nSPS) is 15.4. The van der Waals surface area contributed by atoms with Crippen LogP contribution in [0.5, 0.6) is 0 Å². The standard InChI is InChI=1S/C28H45N3O4/c1-17(2)21(16-19(4)26(34)35)31(11)25(33)23(27(5,6)7)30-24(32)22(29-10)28(8,9)20-14-12-13-18(3)15-20/h12-17,21-23,29H,1-11H3,(H,30,32)(H,34,35)/b19-16+/t21-,22+,23-/m1/s1. The largest absolute Gasteiger partial charge is 0.478 e. The molecule has 35 heavy (non-hydrogen) atoms. The van der Waals surface area contributed by atoms with Crippen molar-refractivity contribution in [2.75, 3.05) is 14.1 Å². The van der Waals surface area contributed by atoms with Crippen LogP contribution >= 0.6 is 0 Å². The van der Waals surface area contributed by atoms with Crippen LogP contribution in [-0.2, 0) is 19.8 Å². The quantitative estimate of drug-likeness (QED) is 0.435. The summed E-state index contributed by atoms with van der Waals surface area (Å²) in [5.41, 5.74) is 1.20. The van der Waals surface area contributed by atoms with Gasteiger partial charge in [-0.3, -0.25) is 9.59 Å². The molecule has 0 aliphatic heterocycles. The highest BCUT2D eigenvalue weighted by Gasteiger charge is 2.41. The van der Waals surface area contributed by atoms with E-state index in [2.05, 4.69) is 16.7 Å². The molecule has 0 radical (unpaired) electrons. The fourth-order valence-corrected chi connectivity index (χ4v) is 4.34. The van der Waals surface area contributed by atoms with Crippen LogP contribution in [0.15, 0.2) is 35.9 Å². The first-order valence-electron chi connectivity index (χ1n) is 12.2. The smallest absolute Gasteiger partial charge is 0.331 e. The molecule has 0 saturated carbocycles. The topological polar surface area (TPSA) is 98.7 Å². The fourth-order valence-electron chi connectivity index (χ4n) is 4.34. The Bertz CT molecular complexity index is 944. The van der Waals surface area contributed by atoms with Crippen molar-refractivity contribution in [2.24, 2.45) is 11.3 Å². The van der Waals surface area contributed by atoms with E-state index in [9.17, 15) is 19.5 Å². The first-order valence-corrected chi connectivity index (χ1v) is 12.2. The molecule has 0 unspecified atom stereocenters. The van der Waals surface area contributed by atoms with Gasteiger partial charge in [-0.05, 0) is 37.8 Å². The zero-order valence-corrected chi connectivity index (χ0v) is 23.3. The van der Waals surface area contributed by atoms with Crippen LogP contribution in [0.4, 0.5) is 0 Å². The number of carboxylic acids is 1. The monoisotopic (exact) mass is 487 g/mol. The van der Waals surface area contributed by atoms with Gasteiger partial charge in [0.2, 0.25) is 11.8 Å². The van der Waals surface area contributed by atoms with Gasteiger partial charge in [0.05, 0.1) is 12.1 Å². The van der Waals surface area contributed by atoms with Crippen molar-refractivity contribution in [3.63, 3.8) is 0 Å². The van der Waals surface area contributed by atoms with Gasteiger partial charge in [-0.1, -0.05) is 84.4 Å². The maximum Gasteiger partial charge on any atom is 0.331 e. The summed E-state index contributed by atoms with van der Waals surface area (Å²) in [5, 5.41) is 15.5. The lowest BCUT2D eigenvalue weighted by molar-refractivity contribution is -0.141. The van der Waals surface area contributed by atoms with Gasteiger partial charge in [-0.15, -0.1) is 0 Å². The average Bonchev–Trinajstić information content (AvgIpc) is 2.73. The summed E-state index contributed by atoms with van der Waals surface area (Å²) in [4.78, 5) is 40.3. The lowest BCUT2D eigenvalue weighted by Crippen LogP contribution is -2.61. The number of hydrogen-bond acceptors (Lipinski definition) is 4. The number of nitrogens with one attached hydrogen (secondary N) is 2. The number of hydrogen-bond donors (Lipinski definition) is 3. The first kappa shape index (κ1) is 30.4. The molecule has 0 saturated heterocycles. The van der Waals surface area contributed by atoms with Crippen LogP contribution in [0.2, 0.25) is 0 Å². The predicted molar refractivity (Wildman–Crippen MR) is 141 cm³/mol. The number of carbonyl (C=O) groups is 3. The van der Waals surface area contributed by atoms with Crippen LogP contribution < -0.4 is 10.6 Å². The molecule has 3 atom stereocenters. The van der Waals surface area contributed by atoms with Gasteiger partial charge in [-0.2, -0.15) is 0 Å². The second-order valence-corrected chi connectivity index (χ2v) is 11.5. The highest BCUT2D eigenvalue weighted by atomic mass is 16.4. The van der Waals surface area contributed by atoms with Gasteiger partial charge < -0.3 is 20.6 Å². The van der Waals surface area contributed by atoms with E-state index >= 15 is 0 Å². The minimum atomic E-state index is -1.02. The summed E-state index contributed by atoms with van der Waals surface area (Å²) in [6, 6.07) is 6.27. The number of carbonyl (C=O) groups excluding carboxylic acids is 2. The van der Waals surface area contributed by atoms with Crippen molar-refractivity contribution in [2.45, 2.75) is 85.9 Å². The van der Waals surface area contributed by atoms with E-state index in [0.29, 0.717) is 0 Å². The Balaban J connectivity index is 3.32. The Labute approximate surface area is 211 Å². The molecule has 0 aliphatic rings. The van der Waals surface area contributed by atoms with E-state index in [4.69, 9.17) is 0 Å². The van der Waals surface area contributed by atoms with Gasteiger partial charge in [0.25, 0.3) is 0 Å². The lowest BCUT2D eigenvalue weighted by Gasteiger charge is -2.40. The zero-order chi connectivity index (χ0) is 27.3. The van der Waals surface area contributed by atoms with E-state index in [-0.39, 0.29) is 23.3 Å². The number of amides is 2. The van der Waals surface area contributed by atoms with Crippen LogP contribution in [0.3, 0.4) is 0 Å². The van der Waals surface area contributed by atoms with Crippen LogP contribution in [-0.4, -0.2) is 60.0 Å². The zero-order valence-electron chi connectivity index (χ0n) is 23.3. The first-order chi connectivity index (χ1) is 15.9. The molecule has 7 heteroatoms. The molecule has 0 aliphatic carbocycles. The molecule has 2 amide bonds. The minimum absolute atomic E-state index is 0.0140. The number of carboxylic acid groups (broad SMARTS) is 1. The number of likely N-dealkylation sites (N-methyl/N-ethyl adjacent to an activating group) is 2. The molecule has 3 N–H and O–H groups in total. The van der Waals surface area contributed by atoms with E-state index in [1.807, 2.05) is 73.6 Å². The summed E-state index contributed by atoms with van der Waals surface area (Å²) in [6.45, 7) is 17.2. The maximum absolute atomic E-state index is 13.7. The van der Waals surface area contributed by atoms with Gasteiger partial charge >= 0.3 is 5.97 Å². The molecule has 0 fully saturated rings. The number of nitrogens with zero attached hydrogens (tertiary/aromatic N) is 1. The fraction of sp³-hybridized carbons (Fsp3) is 0.607. The Morgan fingerprint density at radius 2 is 1.63 bits per heavy atom. The third-order valence-corrected chi connectivity index (χ3v) is 6.67. The predicted octanol–water partition coefficient (Wildman–Crippen LogP) is 3.91. The summed E-state index contributed by atoms with van der Waals surface area (Å²) in [5.74, 6) is -1.56.